The third-order valence-corrected chi connectivity index (χ3v) is 4.06. The second-order valence-corrected chi connectivity index (χ2v) is 5.66. The fraction of sp³-hybridized carbons (Fsp3) is 0.105. The van der Waals surface area contributed by atoms with Gasteiger partial charge in [0.1, 0.15) is 11.4 Å². The standard InChI is InChI=1S/C19H15FN2O2/c20-14-5-6-16-15(10-14)13(11-22-16)7-8-21-19(23)18-9-12-3-1-2-4-17(12)24-18/h1-6,9-11,22H,7-8H2,(H,21,23). The molecule has 5 heteroatoms. The molecule has 4 nitrogen and oxygen atoms in total. The lowest BCUT2D eigenvalue weighted by molar-refractivity contribution is 0.0928. The number of amides is 1. The Labute approximate surface area is 137 Å². The van der Waals surface area contributed by atoms with Crippen LogP contribution in [-0.4, -0.2) is 17.4 Å². The fourth-order valence-electron chi connectivity index (χ4n) is 2.85. The van der Waals surface area contributed by atoms with Crippen molar-refractivity contribution in [2.75, 3.05) is 6.54 Å². The van der Waals surface area contributed by atoms with Crippen molar-refractivity contribution in [3.8, 4) is 0 Å². The zero-order chi connectivity index (χ0) is 16.5. The molecule has 0 bridgehead atoms. The normalized spacial score (nSPS) is 11.2. The van der Waals surface area contributed by atoms with E-state index in [0.717, 1.165) is 21.9 Å². The summed E-state index contributed by atoms with van der Waals surface area (Å²) in [6, 6.07) is 13.9. The molecule has 2 heterocycles. The molecule has 0 fully saturated rings. The van der Waals surface area contributed by atoms with Crippen molar-refractivity contribution < 1.29 is 13.6 Å². The summed E-state index contributed by atoms with van der Waals surface area (Å²) >= 11 is 0. The van der Waals surface area contributed by atoms with Gasteiger partial charge in [-0.2, -0.15) is 0 Å². The van der Waals surface area contributed by atoms with Gasteiger partial charge in [-0.15, -0.1) is 0 Å². The molecule has 24 heavy (non-hydrogen) atoms. The number of aromatic nitrogens is 1. The Morgan fingerprint density at radius 3 is 2.92 bits per heavy atom. The molecule has 0 spiro atoms. The number of H-pyrrole nitrogens is 1. The third kappa shape index (κ3) is 2.65. The van der Waals surface area contributed by atoms with Crippen LogP contribution in [0.15, 0.2) is 59.1 Å². The molecule has 2 N–H and O–H groups in total. The van der Waals surface area contributed by atoms with Gasteiger partial charge in [0.05, 0.1) is 0 Å². The number of rotatable bonds is 4. The topological polar surface area (TPSA) is 58.0 Å². The number of fused-ring (bicyclic) bond motifs is 2. The minimum Gasteiger partial charge on any atom is -0.451 e. The Balaban J connectivity index is 1.44. The number of halogens is 1. The molecular formula is C19H15FN2O2. The molecule has 4 aromatic rings. The fourth-order valence-corrected chi connectivity index (χ4v) is 2.85. The van der Waals surface area contributed by atoms with Gasteiger partial charge < -0.3 is 14.7 Å². The second kappa shape index (κ2) is 5.85. The molecule has 0 unspecified atom stereocenters. The van der Waals surface area contributed by atoms with Crippen molar-refractivity contribution in [1.82, 2.24) is 10.3 Å². The van der Waals surface area contributed by atoms with Gasteiger partial charge in [-0.05, 0) is 42.3 Å². The molecule has 2 aromatic carbocycles. The molecule has 0 aliphatic heterocycles. The molecule has 0 saturated carbocycles. The van der Waals surface area contributed by atoms with E-state index in [4.69, 9.17) is 4.42 Å². The first-order valence-electron chi connectivity index (χ1n) is 7.73. The van der Waals surface area contributed by atoms with Gasteiger partial charge in [0, 0.05) is 29.0 Å². The van der Waals surface area contributed by atoms with E-state index >= 15 is 0 Å². The van der Waals surface area contributed by atoms with Gasteiger partial charge in [0.25, 0.3) is 5.91 Å². The quantitative estimate of drug-likeness (QED) is 0.596. The van der Waals surface area contributed by atoms with Crippen LogP contribution in [0.25, 0.3) is 21.9 Å². The number of furan rings is 1. The van der Waals surface area contributed by atoms with Crippen molar-refractivity contribution in [2.24, 2.45) is 0 Å². The van der Waals surface area contributed by atoms with E-state index < -0.39 is 0 Å². The summed E-state index contributed by atoms with van der Waals surface area (Å²) in [5, 5.41) is 4.58. The summed E-state index contributed by atoms with van der Waals surface area (Å²) in [6.07, 6.45) is 2.45. The van der Waals surface area contributed by atoms with Gasteiger partial charge in [-0.3, -0.25) is 4.79 Å². The highest BCUT2D eigenvalue weighted by molar-refractivity contribution is 5.96. The smallest absolute Gasteiger partial charge is 0.287 e. The lowest BCUT2D eigenvalue weighted by Gasteiger charge is -2.02. The lowest BCUT2D eigenvalue weighted by atomic mass is 10.1. The van der Waals surface area contributed by atoms with Crippen LogP contribution in [0.4, 0.5) is 4.39 Å². The zero-order valence-corrected chi connectivity index (χ0v) is 12.8. The van der Waals surface area contributed by atoms with Crippen molar-refractivity contribution in [2.45, 2.75) is 6.42 Å². The number of nitrogens with one attached hydrogen (secondary N) is 2. The van der Waals surface area contributed by atoms with Crippen LogP contribution in [0.3, 0.4) is 0 Å². The lowest BCUT2D eigenvalue weighted by Crippen LogP contribution is -2.25. The summed E-state index contributed by atoms with van der Waals surface area (Å²) in [6.45, 7) is 0.444. The average Bonchev–Trinajstić information content (AvgIpc) is 3.18. The first-order valence-corrected chi connectivity index (χ1v) is 7.73. The Hall–Kier alpha value is -3.08. The maximum absolute atomic E-state index is 13.4. The Morgan fingerprint density at radius 1 is 1.17 bits per heavy atom. The molecule has 0 atom stereocenters. The maximum Gasteiger partial charge on any atom is 0.287 e. The van der Waals surface area contributed by atoms with E-state index in [1.165, 1.54) is 12.1 Å². The summed E-state index contributed by atoms with van der Waals surface area (Å²) < 4.78 is 18.9. The number of benzene rings is 2. The van der Waals surface area contributed by atoms with Gasteiger partial charge >= 0.3 is 0 Å². The third-order valence-electron chi connectivity index (χ3n) is 4.06. The van der Waals surface area contributed by atoms with E-state index in [1.54, 1.807) is 12.1 Å². The minimum absolute atomic E-state index is 0.253. The van der Waals surface area contributed by atoms with E-state index in [2.05, 4.69) is 10.3 Å². The summed E-state index contributed by atoms with van der Waals surface area (Å²) in [7, 11) is 0. The molecule has 0 aliphatic carbocycles. The van der Waals surface area contributed by atoms with Gasteiger partial charge in [0.2, 0.25) is 0 Å². The summed E-state index contributed by atoms with van der Waals surface area (Å²) in [4.78, 5) is 15.3. The predicted octanol–water partition coefficient (Wildman–Crippen LogP) is 4.03. The van der Waals surface area contributed by atoms with Crippen LogP contribution in [0.5, 0.6) is 0 Å². The van der Waals surface area contributed by atoms with Crippen LogP contribution in [0.1, 0.15) is 16.1 Å². The monoisotopic (exact) mass is 322 g/mol. The minimum atomic E-state index is -0.269. The molecule has 0 radical (unpaired) electrons. The number of hydrogen-bond donors (Lipinski definition) is 2. The number of carbonyl (C=O) groups excluding carboxylic acids is 1. The first-order chi connectivity index (χ1) is 11.7. The van der Waals surface area contributed by atoms with Gasteiger partial charge in [0.15, 0.2) is 5.76 Å². The van der Waals surface area contributed by atoms with Crippen molar-refractivity contribution in [1.29, 1.82) is 0 Å². The van der Waals surface area contributed by atoms with E-state index in [9.17, 15) is 9.18 Å². The highest BCUT2D eigenvalue weighted by Crippen LogP contribution is 2.20. The Morgan fingerprint density at radius 2 is 2.04 bits per heavy atom. The number of hydrogen-bond acceptors (Lipinski definition) is 2. The Kier molecular flexibility index (Phi) is 3.54. The Bertz CT molecular complexity index is 999. The summed E-state index contributed by atoms with van der Waals surface area (Å²) in [5.74, 6) is -0.229. The van der Waals surface area contributed by atoms with Gasteiger partial charge in [-0.25, -0.2) is 4.39 Å². The SMILES string of the molecule is O=C(NCCc1c[nH]c2ccc(F)cc12)c1cc2ccccc2o1. The van der Waals surface area contributed by atoms with Crippen LogP contribution in [-0.2, 0) is 6.42 Å². The van der Waals surface area contributed by atoms with Crippen LogP contribution in [0.2, 0.25) is 0 Å². The van der Waals surface area contributed by atoms with Crippen molar-refractivity contribution in [3.05, 3.63) is 71.9 Å². The number of aromatic amines is 1. The van der Waals surface area contributed by atoms with Gasteiger partial charge in [-0.1, -0.05) is 18.2 Å². The molecule has 0 saturated heterocycles. The second-order valence-electron chi connectivity index (χ2n) is 5.66. The molecular weight excluding hydrogens is 307 g/mol. The highest BCUT2D eigenvalue weighted by atomic mass is 19.1. The molecule has 120 valence electrons. The van der Waals surface area contributed by atoms with Crippen LogP contribution >= 0.6 is 0 Å². The predicted molar refractivity (Wildman–Crippen MR) is 90.5 cm³/mol. The van der Waals surface area contributed by atoms with Crippen LogP contribution < -0.4 is 5.32 Å². The van der Waals surface area contributed by atoms with Crippen LogP contribution in [0, 0.1) is 5.82 Å². The number of carbonyl (C=O) groups is 1. The molecule has 2 aromatic heterocycles. The van der Waals surface area contributed by atoms with E-state index in [0.29, 0.717) is 24.3 Å². The van der Waals surface area contributed by atoms with Crippen molar-refractivity contribution in [3.63, 3.8) is 0 Å². The molecule has 1 amide bonds. The average molecular weight is 322 g/mol. The highest BCUT2D eigenvalue weighted by Gasteiger charge is 2.12. The van der Waals surface area contributed by atoms with E-state index in [1.807, 2.05) is 30.5 Å². The first kappa shape index (κ1) is 14.5. The zero-order valence-electron chi connectivity index (χ0n) is 12.8. The molecule has 4 rings (SSSR count). The van der Waals surface area contributed by atoms with E-state index in [-0.39, 0.29) is 11.7 Å². The molecule has 0 aliphatic rings. The number of para-hydroxylation sites is 1. The summed E-state index contributed by atoms with van der Waals surface area (Å²) in [5.41, 5.74) is 2.54. The maximum atomic E-state index is 13.4. The largest absolute Gasteiger partial charge is 0.451 e. The van der Waals surface area contributed by atoms with Crippen molar-refractivity contribution >= 4 is 27.8 Å².